The zero-order chi connectivity index (χ0) is 10.2. The van der Waals surface area contributed by atoms with Crippen LogP contribution in [0.2, 0.25) is 0 Å². The molecule has 0 aliphatic carbocycles. The van der Waals surface area contributed by atoms with Crippen LogP contribution in [0, 0.1) is 0 Å². The molecule has 0 radical (unpaired) electrons. The molecule has 76 valence electrons. The molecule has 0 saturated carbocycles. The van der Waals surface area contributed by atoms with Crippen LogP contribution in [0.3, 0.4) is 0 Å². The molecule has 2 nitrogen and oxygen atoms in total. The first-order chi connectivity index (χ1) is 6.58. The maximum atomic E-state index is 11.3. The summed E-state index contributed by atoms with van der Waals surface area (Å²) in [7, 11) is -2.92. The zero-order valence-electron chi connectivity index (χ0n) is 7.56. The number of sulfone groups is 1. The number of rotatable bonds is 1. The van der Waals surface area contributed by atoms with Crippen LogP contribution in [-0.4, -0.2) is 25.3 Å². The highest BCUT2D eigenvalue weighted by Crippen LogP contribution is 2.32. The largest absolute Gasteiger partial charge is 0.229 e. The van der Waals surface area contributed by atoms with E-state index in [0.29, 0.717) is 0 Å². The third-order valence-electron chi connectivity index (χ3n) is 2.51. The van der Waals surface area contributed by atoms with E-state index in [0.717, 1.165) is 5.56 Å². The standard InChI is InChI=1S/C10H11ClO2S/c11-10-7-14(12,13)6-9(10)8-4-2-1-3-5-8/h1-5,9-10H,6-7H2/t9-,10-/m1/s1. The fraction of sp³-hybridized carbons (Fsp3) is 0.400. The van der Waals surface area contributed by atoms with Crippen molar-refractivity contribution in [1.29, 1.82) is 0 Å². The van der Waals surface area contributed by atoms with E-state index in [1.54, 1.807) is 0 Å². The monoisotopic (exact) mass is 230 g/mol. The summed E-state index contributed by atoms with van der Waals surface area (Å²) in [6, 6.07) is 9.59. The van der Waals surface area contributed by atoms with Crippen molar-refractivity contribution in [2.75, 3.05) is 11.5 Å². The Morgan fingerprint density at radius 2 is 1.79 bits per heavy atom. The Morgan fingerprint density at radius 1 is 1.14 bits per heavy atom. The van der Waals surface area contributed by atoms with E-state index in [-0.39, 0.29) is 22.8 Å². The van der Waals surface area contributed by atoms with Crippen molar-refractivity contribution in [3.8, 4) is 0 Å². The minimum Gasteiger partial charge on any atom is -0.229 e. The van der Waals surface area contributed by atoms with Crippen molar-refractivity contribution in [3.05, 3.63) is 35.9 Å². The molecule has 4 heteroatoms. The van der Waals surface area contributed by atoms with Gasteiger partial charge >= 0.3 is 0 Å². The second-order valence-corrected chi connectivity index (χ2v) is 6.32. The minimum absolute atomic E-state index is 0.0390. The van der Waals surface area contributed by atoms with E-state index in [1.807, 2.05) is 30.3 Å². The Kier molecular flexibility index (Phi) is 2.54. The second kappa shape index (κ2) is 3.55. The van der Waals surface area contributed by atoms with E-state index < -0.39 is 9.84 Å². The van der Waals surface area contributed by atoms with Gasteiger partial charge in [-0.15, -0.1) is 11.6 Å². The predicted molar refractivity (Wildman–Crippen MR) is 57.5 cm³/mol. The maximum Gasteiger partial charge on any atom is 0.152 e. The number of hydrogen-bond donors (Lipinski definition) is 0. The van der Waals surface area contributed by atoms with E-state index in [2.05, 4.69) is 0 Å². The molecule has 2 atom stereocenters. The van der Waals surface area contributed by atoms with Crippen LogP contribution in [0.15, 0.2) is 30.3 Å². The summed E-state index contributed by atoms with van der Waals surface area (Å²) in [6.07, 6.45) is 0. The SMILES string of the molecule is O=S1(=O)C[C@@H](Cl)[C@@H](c2ccccc2)C1. The van der Waals surface area contributed by atoms with E-state index in [4.69, 9.17) is 11.6 Å². The van der Waals surface area contributed by atoms with Gasteiger partial charge in [-0.25, -0.2) is 8.42 Å². The van der Waals surface area contributed by atoms with Crippen molar-refractivity contribution in [2.45, 2.75) is 11.3 Å². The first kappa shape index (κ1) is 9.99. The highest BCUT2D eigenvalue weighted by Gasteiger charge is 2.36. The van der Waals surface area contributed by atoms with Gasteiger partial charge in [0.15, 0.2) is 9.84 Å². The predicted octanol–water partition coefficient (Wildman–Crippen LogP) is 1.81. The Morgan fingerprint density at radius 3 is 2.29 bits per heavy atom. The Bertz CT molecular complexity index is 413. The summed E-state index contributed by atoms with van der Waals surface area (Å²) < 4.78 is 22.7. The summed E-state index contributed by atoms with van der Waals surface area (Å²) in [5.41, 5.74) is 1.02. The molecule has 1 aliphatic rings. The lowest BCUT2D eigenvalue weighted by atomic mass is 9.99. The summed E-state index contributed by atoms with van der Waals surface area (Å²) in [5.74, 6) is 0.252. The third kappa shape index (κ3) is 1.93. The van der Waals surface area contributed by atoms with Crippen molar-refractivity contribution in [1.82, 2.24) is 0 Å². The molecule has 0 amide bonds. The summed E-state index contributed by atoms with van der Waals surface area (Å²) in [4.78, 5) is 0. The summed E-state index contributed by atoms with van der Waals surface area (Å²) >= 11 is 6.02. The van der Waals surface area contributed by atoms with Gasteiger partial charge in [0.1, 0.15) is 0 Å². The first-order valence-electron chi connectivity index (χ1n) is 4.48. The van der Waals surface area contributed by atoms with E-state index in [9.17, 15) is 8.42 Å². The average Bonchev–Trinajstić information content (AvgIpc) is 2.41. The molecule has 1 saturated heterocycles. The Balaban J connectivity index is 2.30. The van der Waals surface area contributed by atoms with Crippen LogP contribution in [-0.2, 0) is 9.84 Å². The molecule has 0 bridgehead atoms. The average molecular weight is 231 g/mol. The third-order valence-corrected chi connectivity index (χ3v) is 4.89. The van der Waals surface area contributed by atoms with Gasteiger partial charge in [-0.05, 0) is 5.56 Å². The van der Waals surface area contributed by atoms with Crippen molar-refractivity contribution in [3.63, 3.8) is 0 Å². The molecule has 1 aromatic rings. The van der Waals surface area contributed by atoms with Crippen LogP contribution in [0.4, 0.5) is 0 Å². The molecule has 1 heterocycles. The quantitative estimate of drug-likeness (QED) is 0.690. The molecule has 14 heavy (non-hydrogen) atoms. The van der Waals surface area contributed by atoms with Gasteiger partial charge in [-0.2, -0.15) is 0 Å². The molecular formula is C10H11ClO2S. The second-order valence-electron chi connectivity index (χ2n) is 3.61. The molecule has 0 N–H and O–H groups in total. The van der Waals surface area contributed by atoms with Gasteiger partial charge in [-0.1, -0.05) is 30.3 Å². The van der Waals surface area contributed by atoms with Gasteiger partial charge in [0, 0.05) is 5.92 Å². The van der Waals surface area contributed by atoms with E-state index >= 15 is 0 Å². The zero-order valence-corrected chi connectivity index (χ0v) is 9.13. The Hall–Kier alpha value is -0.540. The lowest BCUT2D eigenvalue weighted by Crippen LogP contribution is -2.09. The molecular weight excluding hydrogens is 220 g/mol. The molecule has 2 rings (SSSR count). The molecule has 1 aliphatic heterocycles. The van der Waals surface area contributed by atoms with Crippen molar-refractivity contribution in [2.24, 2.45) is 0 Å². The van der Waals surface area contributed by atoms with Crippen LogP contribution in [0.1, 0.15) is 11.5 Å². The lowest BCUT2D eigenvalue weighted by molar-refractivity contribution is 0.601. The highest BCUT2D eigenvalue weighted by atomic mass is 35.5. The van der Waals surface area contributed by atoms with Gasteiger partial charge in [-0.3, -0.25) is 0 Å². The number of benzene rings is 1. The fourth-order valence-electron chi connectivity index (χ4n) is 1.81. The lowest BCUT2D eigenvalue weighted by Gasteiger charge is -2.11. The van der Waals surface area contributed by atoms with Gasteiger partial charge in [0.2, 0.25) is 0 Å². The molecule has 1 aromatic carbocycles. The summed E-state index contributed by atoms with van der Waals surface area (Å²) in [6.45, 7) is 0. The minimum atomic E-state index is -2.92. The highest BCUT2D eigenvalue weighted by molar-refractivity contribution is 7.91. The van der Waals surface area contributed by atoms with Gasteiger partial charge in [0.25, 0.3) is 0 Å². The maximum absolute atomic E-state index is 11.3. The first-order valence-corrected chi connectivity index (χ1v) is 6.74. The smallest absolute Gasteiger partial charge is 0.152 e. The molecule has 1 fully saturated rings. The van der Waals surface area contributed by atoms with Gasteiger partial charge < -0.3 is 0 Å². The van der Waals surface area contributed by atoms with Crippen LogP contribution in [0.5, 0.6) is 0 Å². The fourth-order valence-corrected chi connectivity index (χ4v) is 4.55. The Labute approximate surface area is 88.8 Å². The van der Waals surface area contributed by atoms with Gasteiger partial charge in [0.05, 0.1) is 16.9 Å². The van der Waals surface area contributed by atoms with Crippen molar-refractivity contribution >= 4 is 21.4 Å². The topological polar surface area (TPSA) is 34.1 Å². The normalized spacial score (nSPS) is 30.4. The van der Waals surface area contributed by atoms with Crippen LogP contribution >= 0.6 is 11.6 Å². The van der Waals surface area contributed by atoms with E-state index in [1.165, 1.54) is 0 Å². The van der Waals surface area contributed by atoms with Crippen LogP contribution < -0.4 is 0 Å². The molecule has 0 unspecified atom stereocenters. The van der Waals surface area contributed by atoms with Crippen LogP contribution in [0.25, 0.3) is 0 Å². The number of halogens is 1. The summed E-state index contributed by atoms with van der Waals surface area (Å²) in [5, 5.41) is -0.276. The van der Waals surface area contributed by atoms with Crippen molar-refractivity contribution < 1.29 is 8.42 Å². The molecule has 0 spiro atoms. The number of alkyl halides is 1. The number of hydrogen-bond acceptors (Lipinski definition) is 2. The molecule has 0 aromatic heterocycles.